The molecular formula is C23H30N2O4. The van der Waals surface area contributed by atoms with Crippen LogP contribution < -0.4 is 10.1 Å². The Balaban J connectivity index is 2.39. The molecule has 0 spiro atoms. The topological polar surface area (TPSA) is 67.9 Å². The van der Waals surface area contributed by atoms with Crippen molar-refractivity contribution >= 4 is 11.8 Å². The van der Waals surface area contributed by atoms with E-state index in [1.54, 1.807) is 19.1 Å². The molecule has 0 saturated carbocycles. The number of ether oxygens (including phenoxy) is 2. The highest BCUT2D eigenvalue weighted by Gasteiger charge is 2.32. The van der Waals surface area contributed by atoms with Gasteiger partial charge in [0.15, 0.2) is 0 Å². The molecule has 1 atom stereocenters. The number of rotatable bonds is 10. The molecular weight excluding hydrogens is 368 g/mol. The van der Waals surface area contributed by atoms with Crippen LogP contribution in [-0.4, -0.2) is 44.1 Å². The van der Waals surface area contributed by atoms with Crippen molar-refractivity contribution in [3.63, 3.8) is 0 Å². The number of amides is 2. The van der Waals surface area contributed by atoms with E-state index in [9.17, 15) is 9.59 Å². The lowest BCUT2D eigenvalue weighted by Crippen LogP contribution is -2.45. The lowest BCUT2D eigenvalue weighted by atomic mass is 10.0. The highest BCUT2D eigenvalue weighted by atomic mass is 16.5. The Labute approximate surface area is 172 Å². The third-order valence-electron chi connectivity index (χ3n) is 4.57. The molecule has 156 valence electrons. The summed E-state index contributed by atoms with van der Waals surface area (Å²) in [7, 11) is 3.19. The maximum atomic E-state index is 13.1. The summed E-state index contributed by atoms with van der Waals surface area (Å²) >= 11 is 0. The van der Waals surface area contributed by atoms with E-state index in [1.807, 2.05) is 68.4 Å². The zero-order valence-corrected chi connectivity index (χ0v) is 17.6. The first-order valence-electron chi connectivity index (χ1n) is 9.73. The van der Waals surface area contributed by atoms with Gasteiger partial charge in [0.2, 0.25) is 11.8 Å². The molecule has 0 aliphatic heterocycles. The molecule has 2 rings (SSSR count). The average Bonchev–Trinajstić information content (AvgIpc) is 2.74. The minimum Gasteiger partial charge on any atom is -0.497 e. The summed E-state index contributed by atoms with van der Waals surface area (Å²) in [6.07, 6.45) is 0. The van der Waals surface area contributed by atoms with Crippen molar-refractivity contribution in [3.8, 4) is 5.75 Å². The van der Waals surface area contributed by atoms with E-state index in [1.165, 1.54) is 0 Å². The number of hydrogen-bond acceptors (Lipinski definition) is 4. The number of carbonyl (C=O) groups excluding carboxylic acids is 2. The zero-order valence-electron chi connectivity index (χ0n) is 17.6. The van der Waals surface area contributed by atoms with Crippen molar-refractivity contribution in [2.45, 2.75) is 26.4 Å². The van der Waals surface area contributed by atoms with E-state index in [4.69, 9.17) is 9.47 Å². The normalized spacial score (nSPS) is 11.8. The number of nitrogens with zero attached hydrogens (tertiary/aromatic N) is 1. The molecule has 2 amide bonds. The van der Waals surface area contributed by atoms with E-state index in [0.29, 0.717) is 19.7 Å². The fourth-order valence-corrected chi connectivity index (χ4v) is 3.04. The molecule has 29 heavy (non-hydrogen) atoms. The van der Waals surface area contributed by atoms with Crippen LogP contribution in [0.1, 0.15) is 31.0 Å². The second-order valence-corrected chi connectivity index (χ2v) is 7.07. The molecule has 0 aromatic heterocycles. The summed E-state index contributed by atoms with van der Waals surface area (Å²) in [6.45, 7) is 4.79. The summed E-state index contributed by atoms with van der Waals surface area (Å²) in [6, 6.07) is 16.2. The Morgan fingerprint density at radius 1 is 1.00 bits per heavy atom. The fraction of sp³-hybridized carbons (Fsp3) is 0.391. The number of methoxy groups -OCH3 is 2. The molecule has 0 bridgehead atoms. The van der Waals surface area contributed by atoms with Gasteiger partial charge in [-0.3, -0.25) is 9.59 Å². The fourth-order valence-electron chi connectivity index (χ4n) is 3.04. The van der Waals surface area contributed by atoms with Gasteiger partial charge in [0, 0.05) is 26.1 Å². The van der Waals surface area contributed by atoms with Crippen LogP contribution in [0.2, 0.25) is 0 Å². The standard InChI is InChI=1S/C23H30N2O4/c1-17(2)23(27)25(16-18-10-12-20(29-4)13-11-18)21(19-8-6-5-7-9-19)22(26)24-14-15-28-3/h5-13,17,21H,14-16H2,1-4H3,(H,24,26)/t21-/m0/s1. The maximum absolute atomic E-state index is 13.1. The first-order valence-corrected chi connectivity index (χ1v) is 9.73. The SMILES string of the molecule is COCCNC(=O)[C@H](c1ccccc1)N(Cc1ccc(OC)cc1)C(=O)C(C)C. The lowest BCUT2D eigenvalue weighted by Gasteiger charge is -2.33. The van der Waals surface area contributed by atoms with Gasteiger partial charge in [-0.15, -0.1) is 0 Å². The van der Waals surface area contributed by atoms with E-state index < -0.39 is 6.04 Å². The highest BCUT2D eigenvalue weighted by molar-refractivity contribution is 5.89. The van der Waals surface area contributed by atoms with Crippen molar-refractivity contribution in [1.29, 1.82) is 0 Å². The Morgan fingerprint density at radius 3 is 2.21 bits per heavy atom. The van der Waals surface area contributed by atoms with Crippen LogP contribution in [0, 0.1) is 5.92 Å². The minimum absolute atomic E-state index is 0.0865. The van der Waals surface area contributed by atoms with Crippen LogP contribution in [0.15, 0.2) is 54.6 Å². The zero-order chi connectivity index (χ0) is 21.2. The van der Waals surface area contributed by atoms with Crippen molar-refractivity contribution in [2.75, 3.05) is 27.4 Å². The molecule has 0 aliphatic rings. The molecule has 2 aromatic carbocycles. The summed E-state index contributed by atoms with van der Waals surface area (Å²) in [5.74, 6) is 0.186. The van der Waals surface area contributed by atoms with Crippen molar-refractivity contribution in [3.05, 3.63) is 65.7 Å². The Kier molecular flexibility index (Phi) is 8.68. The molecule has 0 fully saturated rings. The summed E-state index contributed by atoms with van der Waals surface area (Å²) in [5.41, 5.74) is 1.69. The first-order chi connectivity index (χ1) is 14.0. The number of nitrogens with one attached hydrogen (secondary N) is 1. The molecule has 6 heteroatoms. The molecule has 6 nitrogen and oxygen atoms in total. The molecule has 0 saturated heterocycles. The van der Waals surface area contributed by atoms with Gasteiger partial charge >= 0.3 is 0 Å². The lowest BCUT2D eigenvalue weighted by molar-refractivity contribution is -0.144. The average molecular weight is 399 g/mol. The van der Waals surface area contributed by atoms with Crippen molar-refractivity contribution in [2.24, 2.45) is 5.92 Å². The van der Waals surface area contributed by atoms with Crippen LogP contribution in [-0.2, 0) is 20.9 Å². The van der Waals surface area contributed by atoms with Crippen LogP contribution in [0.5, 0.6) is 5.75 Å². The van der Waals surface area contributed by atoms with Crippen LogP contribution in [0.3, 0.4) is 0 Å². The minimum atomic E-state index is -0.731. The quantitative estimate of drug-likeness (QED) is 0.624. The Bertz CT molecular complexity index is 775. The third-order valence-corrected chi connectivity index (χ3v) is 4.57. The first kappa shape index (κ1) is 22.4. The monoisotopic (exact) mass is 398 g/mol. The van der Waals surface area contributed by atoms with E-state index in [0.717, 1.165) is 16.9 Å². The van der Waals surface area contributed by atoms with Crippen molar-refractivity contribution < 1.29 is 19.1 Å². The van der Waals surface area contributed by atoms with E-state index in [2.05, 4.69) is 5.32 Å². The largest absolute Gasteiger partial charge is 0.497 e. The van der Waals surface area contributed by atoms with Gasteiger partial charge in [-0.05, 0) is 23.3 Å². The van der Waals surface area contributed by atoms with Gasteiger partial charge in [0.1, 0.15) is 11.8 Å². The van der Waals surface area contributed by atoms with Gasteiger partial charge in [0.25, 0.3) is 0 Å². The number of carbonyl (C=O) groups is 2. The molecule has 1 N–H and O–H groups in total. The van der Waals surface area contributed by atoms with Crippen LogP contribution in [0.4, 0.5) is 0 Å². The van der Waals surface area contributed by atoms with Crippen molar-refractivity contribution in [1.82, 2.24) is 10.2 Å². The second kappa shape index (κ2) is 11.2. The predicted molar refractivity (Wildman–Crippen MR) is 112 cm³/mol. The van der Waals surface area contributed by atoms with Gasteiger partial charge in [-0.2, -0.15) is 0 Å². The van der Waals surface area contributed by atoms with E-state index >= 15 is 0 Å². The molecule has 0 unspecified atom stereocenters. The highest BCUT2D eigenvalue weighted by Crippen LogP contribution is 2.26. The smallest absolute Gasteiger partial charge is 0.247 e. The second-order valence-electron chi connectivity index (χ2n) is 7.07. The molecule has 2 aromatic rings. The summed E-state index contributed by atoms with van der Waals surface area (Å²) in [5, 5.41) is 2.88. The summed E-state index contributed by atoms with van der Waals surface area (Å²) < 4.78 is 10.2. The number of hydrogen-bond donors (Lipinski definition) is 1. The van der Waals surface area contributed by atoms with E-state index in [-0.39, 0.29) is 17.7 Å². The number of benzene rings is 2. The van der Waals surface area contributed by atoms with Gasteiger partial charge in [0.05, 0.1) is 13.7 Å². The third kappa shape index (κ3) is 6.32. The van der Waals surface area contributed by atoms with Gasteiger partial charge in [-0.1, -0.05) is 56.3 Å². The van der Waals surface area contributed by atoms with Gasteiger partial charge < -0.3 is 19.7 Å². The Hall–Kier alpha value is -2.86. The predicted octanol–water partition coefficient (Wildman–Crippen LogP) is 3.18. The van der Waals surface area contributed by atoms with Gasteiger partial charge in [-0.25, -0.2) is 0 Å². The molecule has 0 heterocycles. The van der Waals surface area contributed by atoms with Crippen LogP contribution >= 0.6 is 0 Å². The molecule has 0 aliphatic carbocycles. The molecule has 0 radical (unpaired) electrons. The van der Waals surface area contributed by atoms with Crippen LogP contribution in [0.25, 0.3) is 0 Å². The Morgan fingerprint density at radius 2 is 1.66 bits per heavy atom. The maximum Gasteiger partial charge on any atom is 0.247 e. The summed E-state index contributed by atoms with van der Waals surface area (Å²) in [4.78, 5) is 27.9.